The van der Waals surface area contributed by atoms with E-state index in [0.717, 1.165) is 4.47 Å². The summed E-state index contributed by atoms with van der Waals surface area (Å²) in [6.45, 7) is 5.80. The average Bonchev–Trinajstić information content (AvgIpc) is 3.09. The Morgan fingerprint density at radius 1 is 1.15 bits per heavy atom. The number of aromatic nitrogens is 2. The lowest BCUT2D eigenvalue weighted by Gasteiger charge is -2.10. The van der Waals surface area contributed by atoms with Gasteiger partial charge in [-0.25, -0.2) is 0 Å². The summed E-state index contributed by atoms with van der Waals surface area (Å²) in [5, 5.41) is 3.93. The van der Waals surface area contributed by atoms with E-state index in [1.165, 1.54) is 0 Å². The van der Waals surface area contributed by atoms with Crippen LogP contribution in [-0.2, 0) is 21.4 Å². The average molecular weight is 439 g/mol. The summed E-state index contributed by atoms with van der Waals surface area (Å²) in [7, 11) is 0. The normalized spacial score (nSPS) is 11.1. The highest BCUT2D eigenvalue weighted by atomic mass is 79.9. The molecule has 0 saturated carbocycles. The first-order valence-electron chi connectivity index (χ1n) is 8.53. The molecule has 0 aliphatic heterocycles. The lowest BCUT2D eigenvalue weighted by atomic mass is 9.96. The van der Waals surface area contributed by atoms with Crippen LogP contribution in [-0.4, -0.2) is 28.6 Å². The number of nitrogens with one attached hydrogen (secondary N) is 2. The van der Waals surface area contributed by atoms with Crippen LogP contribution in [0.25, 0.3) is 0 Å². The molecule has 0 spiro atoms. The van der Waals surface area contributed by atoms with Gasteiger partial charge in [-0.2, -0.15) is 4.98 Å². The quantitative estimate of drug-likeness (QED) is 0.643. The van der Waals surface area contributed by atoms with Crippen LogP contribution in [0.4, 0.5) is 0 Å². The Kier molecular flexibility index (Phi) is 7.35. The van der Waals surface area contributed by atoms with E-state index in [4.69, 9.17) is 9.26 Å². The molecule has 0 radical (unpaired) electrons. The van der Waals surface area contributed by atoms with Gasteiger partial charge in [-0.1, -0.05) is 41.9 Å². The number of amides is 2. The number of ether oxygens (including phenoxy) is 1. The summed E-state index contributed by atoms with van der Waals surface area (Å²) in [5.74, 6) is 0.953. The second-order valence-corrected chi connectivity index (χ2v) is 7.87. The van der Waals surface area contributed by atoms with Crippen LogP contribution < -0.4 is 15.6 Å². The Morgan fingerprint density at radius 2 is 1.81 bits per heavy atom. The maximum absolute atomic E-state index is 11.8. The van der Waals surface area contributed by atoms with Gasteiger partial charge in [0, 0.05) is 22.7 Å². The molecule has 146 valence electrons. The third-order valence-corrected chi connectivity index (χ3v) is 3.99. The van der Waals surface area contributed by atoms with Crippen molar-refractivity contribution in [2.75, 3.05) is 6.61 Å². The predicted molar refractivity (Wildman–Crippen MR) is 102 cm³/mol. The molecule has 0 fully saturated rings. The van der Waals surface area contributed by atoms with Crippen LogP contribution in [0.3, 0.4) is 0 Å². The number of benzene rings is 1. The lowest BCUT2D eigenvalue weighted by molar-refractivity contribution is -0.130. The Bertz CT molecular complexity index is 768. The lowest BCUT2D eigenvalue weighted by Crippen LogP contribution is -2.43. The zero-order chi connectivity index (χ0) is 19.9. The van der Waals surface area contributed by atoms with Gasteiger partial charge < -0.3 is 9.26 Å². The largest absolute Gasteiger partial charge is 0.484 e. The van der Waals surface area contributed by atoms with E-state index in [-0.39, 0.29) is 24.3 Å². The minimum Gasteiger partial charge on any atom is -0.484 e. The molecule has 0 bridgehead atoms. The van der Waals surface area contributed by atoms with E-state index >= 15 is 0 Å². The fraction of sp³-hybridized carbons (Fsp3) is 0.444. The number of hydrogen-bond acceptors (Lipinski definition) is 6. The van der Waals surface area contributed by atoms with E-state index in [9.17, 15) is 9.59 Å². The summed E-state index contributed by atoms with van der Waals surface area (Å²) >= 11 is 3.32. The molecule has 0 unspecified atom stereocenters. The number of carbonyl (C=O) groups excluding carboxylic acids is 2. The molecule has 1 heterocycles. The van der Waals surface area contributed by atoms with E-state index in [2.05, 4.69) is 36.9 Å². The first-order chi connectivity index (χ1) is 12.7. The Labute approximate surface area is 166 Å². The van der Waals surface area contributed by atoms with Crippen molar-refractivity contribution in [1.82, 2.24) is 21.0 Å². The predicted octanol–water partition coefficient (Wildman–Crippen LogP) is 2.68. The molecular weight excluding hydrogens is 416 g/mol. The van der Waals surface area contributed by atoms with Crippen molar-refractivity contribution >= 4 is 27.7 Å². The summed E-state index contributed by atoms with van der Waals surface area (Å²) < 4.78 is 11.4. The maximum Gasteiger partial charge on any atom is 0.276 e. The van der Waals surface area contributed by atoms with Crippen molar-refractivity contribution in [2.45, 2.75) is 45.4 Å². The molecule has 2 N–H and O–H groups in total. The molecule has 0 aliphatic rings. The summed E-state index contributed by atoms with van der Waals surface area (Å²) in [5.41, 5.74) is 4.48. The van der Waals surface area contributed by atoms with E-state index < -0.39 is 5.91 Å². The van der Waals surface area contributed by atoms with E-state index in [0.29, 0.717) is 30.3 Å². The first-order valence-corrected chi connectivity index (χ1v) is 9.32. The van der Waals surface area contributed by atoms with Gasteiger partial charge >= 0.3 is 0 Å². The SMILES string of the molecule is CC(C)(C)c1noc(CCCC(=O)NNC(=O)COc2ccc(Br)cc2)n1. The fourth-order valence-corrected chi connectivity index (χ4v) is 2.24. The standard InChI is InChI=1S/C18H23BrN4O4/c1-18(2,3)17-20-16(27-23-17)6-4-5-14(24)21-22-15(25)11-26-13-9-7-12(19)8-10-13/h7-10H,4-6,11H2,1-3H3,(H,21,24)(H,22,25). The van der Waals surface area contributed by atoms with E-state index in [1.54, 1.807) is 12.1 Å². The van der Waals surface area contributed by atoms with Gasteiger partial charge in [-0.15, -0.1) is 0 Å². The third kappa shape index (κ3) is 7.38. The van der Waals surface area contributed by atoms with Crippen LogP contribution in [0.5, 0.6) is 5.75 Å². The third-order valence-electron chi connectivity index (χ3n) is 3.46. The fourth-order valence-electron chi connectivity index (χ4n) is 1.98. The number of nitrogens with zero attached hydrogens (tertiary/aromatic N) is 2. The van der Waals surface area contributed by atoms with E-state index in [1.807, 2.05) is 32.9 Å². The Hall–Kier alpha value is -2.42. The first kappa shape index (κ1) is 20.9. The number of aryl methyl sites for hydroxylation is 1. The van der Waals surface area contributed by atoms with Gasteiger partial charge in [0.2, 0.25) is 11.8 Å². The highest BCUT2D eigenvalue weighted by molar-refractivity contribution is 9.10. The Balaban J connectivity index is 1.62. The molecule has 0 aliphatic carbocycles. The summed E-state index contributed by atoms with van der Waals surface area (Å²) in [6.07, 6.45) is 1.25. The van der Waals surface area contributed by atoms with Crippen LogP contribution in [0.2, 0.25) is 0 Å². The van der Waals surface area contributed by atoms with Gasteiger partial charge in [0.25, 0.3) is 5.91 Å². The highest BCUT2D eigenvalue weighted by Gasteiger charge is 2.20. The minimum atomic E-state index is -0.446. The zero-order valence-electron chi connectivity index (χ0n) is 15.5. The number of carbonyl (C=O) groups is 2. The van der Waals surface area contributed by atoms with Crippen molar-refractivity contribution in [1.29, 1.82) is 0 Å². The van der Waals surface area contributed by atoms with Crippen molar-refractivity contribution in [2.24, 2.45) is 0 Å². The van der Waals surface area contributed by atoms with Crippen molar-refractivity contribution in [3.63, 3.8) is 0 Å². The smallest absolute Gasteiger partial charge is 0.276 e. The molecule has 0 atom stereocenters. The second kappa shape index (κ2) is 9.50. The number of hydrogen-bond donors (Lipinski definition) is 2. The minimum absolute atomic E-state index is 0.179. The number of hydrazine groups is 1. The summed E-state index contributed by atoms with van der Waals surface area (Å²) in [4.78, 5) is 27.8. The van der Waals surface area contributed by atoms with Gasteiger partial charge in [-0.3, -0.25) is 20.4 Å². The number of halogens is 1. The van der Waals surface area contributed by atoms with Crippen molar-refractivity contribution in [3.05, 3.63) is 40.5 Å². The molecule has 2 aromatic rings. The number of rotatable bonds is 7. The van der Waals surface area contributed by atoms with Crippen molar-refractivity contribution < 1.29 is 18.8 Å². The molecule has 2 amide bonds. The van der Waals surface area contributed by atoms with Crippen molar-refractivity contribution in [3.8, 4) is 5.75 Å². The molecule has 1 aromatic heterocycles. The molecule has 9 heteroatoms. The molecular formula is C18H23BrN4O4. The second-order valence-electron chi connectivity index (χ2n) is 6.95. The highest BCUT2D eigenvalue weighted by Crippen LogP contribution is 2.19. The van der Waals surface area contributed by atoms with Gasteiger partial charge in [0.05, 0.1) is 0 Å². The van der Waals surface area contributed by atoms with Crippen LogP contribution in [0, 0.1) is 0 Å². The molecule has 2 rings (SSSR count). The van der Waals surface area contributed by atoms with Gasteiger partial charge in [-0.05, 0) is 30.7 Å². The van der Waals surface area contributed by atoms with Gasteiger partial charge in [0.1, 0.15) is 5.75 Å². The van der Waals surface area contributed by atoms with Crippen LogP contribution >= 0.6 is 15.9 Å². The molecule has 8 nitrogen and oxygen atoms in total. The van der Waals surface area contributed by atoms with Gasteiger partial charge in [0.15, 0.2) is 12.4 Å². The monoisotopic (exact) mass is 438 g/mol. The molecule has 0 saturated heterocycles. The summed E-state index contributed by atoms with van der Waals surface area (Å²) in [6, 6.07) is 7.09. The van der Waals surface area contributed by atoms with Crippen LogP contribution in [0.15, 0.2) is 33.3 Å². The van der Waals surface area contributed by atoms with Crippen LogP contribution in [0.1, 0.15) is 45.3 Å². The topological polar surface area (TPSA) is 106 Å². The maximum atomic E-state index is 11.8. The Morgan fingerprint density at radius 3 is 2.44 bits per heavy atom. The molecule has 1 aromatic carbocycles. The molecule has 27 heavy (non-hydrogen) atoms. The zero-order valence-corrected chi connectivity index (χ0v) is 17.1.